The van der Waals surface area contributed by atoms with E-state index in [0.717, 1.165) is 16.7 Å². The van der Waals surface area contributed by atoms with Gasteiger partial charge in [0.15, 0.2) is 0 Å². The molecule has 2 aromatic rings. The van der Waals surface area contributed by atoms with Crippen LogP contribution in [0, 0.1) is 19.8 Å². The zero-order chi connectivity index (χ0) is 21.9. The molecular formula is C22H27N3O4S. The normalized spacial score (nSPS) is 15.7. The number of benzene rings is 2. The van der Waals surface area contributed by atoms with Crippen LogP contribution in [-0.2, 0) is 26.0 Å². The topological polar surface area (TPSA) is 110 Å². The van der Waals surface area contributed by atoms with Gasteiger partial charge in [0.05, 0.1) is 11.3 Å². The van der Waals surface area contributed by atoms with Crippen LogP contribution in [0.5, 0.6) is 0 Å². The summed E-state index contributed by atoms with van der Waals surface area (Å²) >= 11 is 0. The van der Waals surface area contributed by atoms with E-state index in [1.807, 2.05) is 19.1 Å². The van der Waals surface area contributed by atoms with Crippen LogP contribution in [0.2, 0.25) is 0 Å². The lowest BCUT2D eigenvalue weighted by Crippen LogP contribution is -2.41. The third kappa shape index (κ3) is 5.06. The highest BCUT2D eigenvalue weighted by molar-refractivity contribution is 7.89. The molecule has 1 saturated heterocycles. The van der Waals surface area contributed by atoms with E-state index in [0.29, 0.717) is 36.5 Å². The number of nitrogens with zero attached hydrogens (tertiary/aromatic N) is 1. The standard InChI is InChI=1S/C22H27N3O4S/c1-15-3-4-16(2)20(13-15)30(28,29)25-11-9-18(10-12-25)22(27)24-19-7-5-17(6-8-19)14-21(23)26/h3-8,13,18H,9-12,14H2,1-2H3,(H2,23,26)(H,24,27). The molecule has 3 rings (SSSR count). The van der Waals surface area contributed by atoms with E-state index < -0.39 is 15.9 Å². The SMILES string of the molecule is Cc1ccc(C)c(S(=O)(=O)N2CCC(C(=O)Nc3ccc(CC(N)=O)cc3)CC2)c1. The molecule has 3 N–H and O–H groups in total. The first-order valence-corrected chi connectivity index (χ1v) is 11.4. The van der Waals surface area contributed by atoms with Crippen LogP contribution in [0.3, 0.4) is 0 Å². The fourth-order valence-corrected chi connectivity index (χ4v) is 5.41. The second-order valence-corrected chi connectivity index (χ2v) is 9.68. The monoisotopic (exact) mass is 429 g/mol. The van der Waals surface area contributed by atoms with Crippen molar-refractivity contribution in [1.29, 1.82) is 0 Å². The first kappa shape index (κ1) is 22.0. The summed E-state index contributed by atoms with van der Waals surface area (Å²) in [6, 6.07) is 12.4. The Morgan fingerprint density at radius 2 is 1.70 bits per heavy atom. The molecular weight excluding hydrogens is 402 g/mol. The molecule has 0 atom stereocenters. The Morgan fingerprint density at radius 1 is 1.07 bits per heavy atom. The Morgan fingerprint density at radius 3 is 2.30 bits per heavy atom. The maximum absolute atomic E-state index is 13.0. The molecule has 0 bridgehead atoms. The zero-order valence-electron chi connectivity index (χ0n) is 17.2. The number of rotatable bonds is 6. The number of aryl methyl sites for hydroxylation is 2. The number of hydrogen-bond acceptors (Lipinski definition) is 4. The molecule has 1 fully saturated rings. The molecule has 1 heterocycles. The number of nitrogens with two attached hydrogens (primary N) is 1. The smallest absolute Gasteiger partial charge is 0.243 e. The van der Waals surface area contributed by atoms with Crippen molar-refractivity contribution in [3.8, 4) is 0 Å². The van der Waals surface area contributed by atoms with Crippen molar-refractivity contribution in [2.75, 3.05) is 18.4 Å². The van der Waals surface area contributed by atoms with Gasteiger partial charge in [-0.25, -0.2) is 8.42 Å². The van der Waals surface area contributed by atoms with Gasteiger partial charge in [0, 0.05) is 24.7 Å². The van der Waals surface area contributed by atoms with Gasteiger partial charge in [-0.15, -0.1) is 0 Å². The summed E-state index contributed by atoms with van der Waals surface area (Å²) in [6.07, 6.45) is 1.09. The minimum atomic E-state index is -3.57. The average molecular weight is 430 g/mol. The quantitative estimate of drug-likeness (QED) is 0.734. The van der Waals surface area contributed by atoms with Gasteiger partial charge in [0.2, 0.25) is 21.8 Å². The molecule has 2 amide bonds. The van der Waals surface area contributed by atoms with E-state index >= 15 is 0 Å². The lowest BCUT2D eigenvalue weighted by molar-refractivity contribution is -0.121. The summed E-state index contributed by atoms with van der Waals surface area (Å²) in [6.45, 7) is 4.29. The molecule has 160 valence electrons. The average Bonchev–Trinajstić information content (AvgIpc) is 2.71. The molecule has 0 unspecified atom stereocenters. The van der Waals surface area contributed by atoms with E-state index in [2.05, 4.69) is 5.32 Å². The van der Waals surface area contributed by atoms with Crippen molar-refractivity contribution in [1.82, 2.24) is 4.31 Å². The van der Waals surface area contributed by atoms with Gasteiger partial charge >= 0.3 is 0 Å². The van der Waals surface area contributed by atoms with Gasteiger partial charge in [-0.3, -0.25) is 9.59 Å². The predicted octanol–water partition coefficient (Wildman–Crippen LogP) is 2.37. The number of hydrogen-bond donors (Lipinski definition) is 2. The third-order valence-electron chi connectivity index (χ3n) is 5.39. The molecule has 1 aliphatic heterocycles. The number of amides is 2. The highest BCUT2D eigenvalue weighted by Crippen LogP contribution is 2.27. The van der Waals surface area contributed by atoms with E-state index in [-0.39, 0.29) is 18.2 Å². The summed E-state index contributed by atoms with van der Waals surface area (Å²) in [4.78, 5) is 23.9. The summed E-state index contributed by atoms with van der Waals surface area (Å²) in [5, 5.41) is 2.87. The maximum atomic E-state index is 13.0. The number of nitrogens with one attached hydrogen (secondary N) is 1. The van der Waals surface area contributed by atoms with Gasteiger partial charge < -0.3 is 11.1 Å². The minimum Gasteiger partial charge on any atom is -0.369 e. The Kier molecular flexibility index (Phi) is 6.58. The van der Waals surface area contributed by atoms with E-state index in [1.54, 1.807) is 37.3 Å². The van der Waals surface area contributed by atoms with E-state index in [4.69, 9.17) is 5.73 Å². The highest BCUT2D eigenvalue weighted by Gasteiger charge is 2.32. The molecule has 7 nitrogen and oxygen atoms in total. The van der Waals surface area contributed by atoms with E-state index in [1.165, 1.54) is 4.31 Å². The van der Waals surface area contributed by atoms with Crippen molar-refractivity contribution in [3.63, 3.8) is 0 Å². The number of carbonyl (C=O) groups is 2. The Labute approximate surface area is 177 Å². The largest absolute Gasteiger partial charge is 0.369 e. The van der Waals surface area contributed by atoms with Crippen LogP contribution in [0.4, 0.5) is 5.69 Å². The maximum Gasteiger partial charge on any atom is 0.243 e. The lowest BCUT2D eigenvalue weighted by atomic mass is 9.97. The first-order chi connectivity index (χ1) is 14.2. The van der Waals surface area contributed by atoms with Crippen molar-refractivity contribution in [2.45, 2.75) is 38.0 Å². The highest BCUT2D eigenvalue weighted by atomic mass is 32.2. The van der Waals surface area contributed by atoms with Crippen LogP contribution >= 0.6 is 0 Å². The molecule has 0 spiro atoms. The summed E-state index contributed by atoms with van der Waals surface area (Å²) in [5.74, 6) is -0.781. The van der Waals surface area contributed by atoms with Crippen LogP contribution < -0.4 is 11.1 Å². The minimum absolute atomic E-state index is 0.124. The summed E-state index contributed by atoms with van der Waals surface area (Å²) in [7, 11) is -3.57. The molecule has 0 aliphatic carbocycles. The van der Waals surface area contributed by atoms with Crippen molar-refractivity contribution < 1.29 is 18.0 Å². The number of carbonyl (C=O) groups excluding carboxylic acids is 2. The van der Waals surface area contributed by atoms with Crippen LogP contribution in [0.1, 0.15) is 29.5 Å². The van der Waals surface area contributed by atoms with Gasteiger partial charge in [-0.05, 0) is 61.6 Å². The molecule has 1 aliphatic rings. The molecule has 0 aromatic heterocycles. The molecule has 2 aromatic carbocycles. The van der Waals surface area contributed by atoms with Crippen molar-refractivity contribution >= 4 is 27.5 Å². The van der Waals surface area contributed by atoms with Crippen LogP contribution in [-0.4, -0.2) is 37.6 Å². The summed E-state index contributed by atoms with van der Waals surface area (Å²) in [5.41, 5.74) is 8.22. The Balaban J connectivity index is 1.60. The fourth-order valence-electron chi connectivity index (χ4n) is 3.63. The van der Waals surface area contributed by atoms with Gasteiger partial charge in [0.1, 0.15) is 0 Å². The number of primary amides is 1. The zero-order valence-corrected chi connectivity index (χ0v) is 18.0. The predicted molar refractivity (Wildman–Crippen MR) is 115 cm³/mol. The molecule has 8 heteroatoms. The van der Waals surface area contributed by atoms with Gasteiger partial charge in [-0.1, -0.05) is 24.3 Å². The second-order valence-electron chi connectivity index (χ2n) is 7.78. The van der Waals surface area contributed by atoms with Gasteiger partial charge in [-0.2, -0.15) is 4.31 Å². The second kappa shape index (κ2) is 8.97. The van der Waals surface area contributed by atoms with Gasteiger partial charge in [0.25, 0.3) is 0 Å². The first-order valence-electron chi connectivity index (χ1n) is 9.92. The number of piperidine rings is 1. The lowest BCUT2D eigenvalue weighted by Gasteiger charge is -2.31. The molecule has 0 saturated carbocycles. The van der Waals surface area contributed by atoms with Crippen molar-refractivity contribution in [2.24, 2.45) is 11.7 Å². The Hall–Kier alpha value is -2.71. The Bertz CT molecular complexity index is 1040. The van der Waals surface area contributed by atoms with E-state index in [9.17, 15) is 18.0 Å². The van der Waals surface area contributed by atoms with Crippen LogP contribution in [0.15, 0.2) is 47.4 Å². The molecule has 30 heavy (non-hydrogen) atoms. The number of anilines is 1. The summed E-state index contributed by atoms with van der Waals surface area (Å²) < 4.78 is 27.5. The third-order valence-corrected chi connectivity index (χ3v) is 7.43. The number of sulfonamides is 1. The van der Waals surface area contributed by atoms with Crippen LogP contribution in [0.25, 0.3) is 0 Å². The van der Waals surface area contributed by atoms with Crippen molar-refractivity contribution in [3.05, 3.63) is 59.2 Å². The molecule has 0 radical (unpaired) electrons. The fraction of sp³-hybridized carbons (Fsp3) is 0.364.